The summed E-state index contributed by atoms with van der Waals surface area (Å²) >= 11 is 0. The van der Waals surface area contributed by atoms with Crippen LogP contribution in [0.3, 0.4) is 0 Å². The molecular formula is C20H25NO6S. The monoisotopic (exact) mass is 407 g/mol. The van der Waals surface area contributed by atoms with Crippen LogP contribution < -0.4 is 14.8 Å². The molecule has 1 amide bonds. The van der Waals surface area contributed by atoms with E-state index in [1.807, 2.05) is 13.0 Å². The number of hydrogen-bond donors (Lipinski definition) is 1. The third-order valence-corrected chi connectivity index (χ3v) is 5.25. The topological polar surface area (TPSA) is 90.9 Å². The summed E-state index contributed by atoms with van der Waals surface area (Å²) in [6.45, 7) is 2.72. The summed E-state index contributed by atoms with van der Waals surface area (Å²) in [7, 11) is -0.147. The van der Waals surface area contributed by atoms with Crippen molar-refractivity contribution in [2.24, 2.45) is 0 Å². The highest BCUT2D eigenvalue weighted by molar-refractivity contribution is 7.90. The van der Waals surface area contributed by atoms with E-state index >= 15 is 0 Å². The Morgan fingerprint density at radius 3 is 2.29 bits per heavy atom. The number of amides is 1. The number of benzene rings is 2. The Kier molecular flexibility index (Phi) is 7.42. The van der Waals surface area contributed by atoms with E-state index < -0.39 is 9.84 Å². The predicted molar refractivity (Wildman–Crippen MR) is 106 cm³/mol. The fourth-order valence-electron chi connectivity index (χ4n) is 2.52. The van der Waals surface area contributed by atoms with Gasteiger partial charge in [0, 0.05) is 18.9 Å². The van der Waals surface area contributed by atoms with Gasteiger partial charge < -0.3 is 19.5 Å². The highest BCUT2D eigenvalue weighted by atomic mass is 32.2. The van der Waals surface area contributed by atoms with Crippen molar-refractivity contribution in [3.05, 3.63) is 53.6 Å². The number of rotatable bonds is 9. The predicted octanol–water partition coefficient (Wildman–Crippen LogP) is 2.61. The molecule has 0 aromatic heterocycles. The summed E-state index contributed by atoms with van der Waals surface area (Å²) < 4.78 is 39.0. The Balaban J connectivity index is 2.09. The maximum atomic E-state index is 12.5. The van der Waals surface area contributed by atoms with Crippen LogP contribution >= 0.6 is 0 Å². The van der Waals surface area contributed by atoms with Gasteiger partial charge in [-0.25, -0.2) is 8.42 Å². The number of hydrogen-bond acceptors (Lipinski definition) is 6. The van der Waals surface area contributed by atoms with Crippen molar-refractivity contribution in [2.45, 2.75) is 17.9 Å². The molecule has 152 valence electrons. The van der Waals surface area contributed by atoms with Crippen LogP contribution in [0, 0.1) is 0 Å². The summed E-state index contributed by atoms with van der Waals surface area (Å²) in [5, 5.41) is 2.89. The molecule has 0 radical (unpaired) electrons. The zero-order chi connectivity index (χ0) is 20.7. The molecule has 0 saturated carbocycles. The van der Waals surface area contributed by atoms with Gasteiger partial charge in [0.25, 0.3) is 5.91 Å². The number of nitrogens with one attached hydrogen (secondary N) is 1. The van der Waals surface area contributed by atoms with Gasteiger partial charge in [-0.2, -0.15) is 0 Å². The lowest BCUT2D eigenvalue weighted by atomic mass is 10.1. The second-order valence-electron chi connectivity index (χ2n) is 6.24. The second-order valence-corrected chi connectivity index (χ2v) is 8.26. The molecule has 8 heteroatoms. The molecule has 1 atom stereocenters. The fraction of sp³-hybridized carbons (Fsp3) is 0.350. The standard InChI is InChI=1S/C20H25NO6S/c1-14(16-7-10-18(19(13-16)26-3)27-12-11-25-2)21-20(22)15-5-8-17(9-6-15)28(4,23)24/h5-10,13-14H,11-12H2,1-4H3,(H,21,22). The molecule has 1 unspecified atom stereocenters. The molecule has 0 aliphatic carbocycles. The zero-order valence-corrected chi connectivity index (χ0v) is 17.2. The zero-order valence-electron chi connectivity index (χ0n) is 16.4. The molecule has 0 aliphatic rings. The molecular weight excluding hydrogens is 382 g/mol. The van der Waals surface area contributed by atoms with Gasteiger partial charge in [0.2, 0.25) is 0 Å². The first-order valence-corrected chi connectivity index (χ1v) is 10.6. The number of carbonyl (C=O) groups excluding carboxylic acids is 1. The van der Waals surface area contributed by atoms with E-state index in [1.54, 1.807) is 26.4 Å². The molecule has 0 spiro atoms. The van der Waals surface area contributed by atoms with Crippen molar-refractivity contribution in [3.8, 4) is 11.5 Å². The van der Waals surface area contributed by atoms with Crippen molar-refractivity contribution in [1.82, 2.24) is 5.32 Å². The number of ether oxygens (including phenoxy) is 3. The van der Waals surface area contributed by atoms with Crippen molar-refractivity contribution in [2.75, 3.05) is 33.7 Å². The average Bonchev–Trinajstić information content (AvgIpc) is 2.67. The molecule has 0 bridgehead atoms. The van der Waals surface area contributed by atoms with E-state index in [4.69, 9.17) is 14.2 Å². The Labute approximate surface area is 165 Å². The molecule has 2 aromatic carbocycles. The van der Waals surface area contributed by atoms with Crippen LogP contribution in [0.5, 0.6) is 11.5 Å². The summed E-state index contributed by atoms with van der Waals surface area (Å²) in [6.07, 6.45) is 1.13. The van der Waals surface area contributed by atoms with Gasteiger partial charge in [0.15, 0.2) is 21.3 Å². The normalized spacial score (nSPS) is 12.3. The first-order valence-electron chi connectivity index (χ1n) is 8.67. The minimum atomic E-state index is -3.30. The quantitative estimate of drug-likeness (QED) is 0.643. The van der Waals surface area contributed by atoms with Gasteiger partial charge in [0.05, 0.1) is 24.7 Å². The van der Waals surface area contributed by atoms with Crippen LogP contribution in [-0.2, 0) is 14.6 Å². The van der Waals surface area contributed by atoms with E-state index in [0.29, 0.717) is 30.3 Å². The summed E-state index contributed by atoms with van der Waals surface area (Å²) in [6, 6.07) is 11.0. The number of methoxy groups -OCH3 is 2. The minimum Gasteiger partial charge on any atom is -0.493 e. The molecule has 0 aliphatic heterocycles. The first kappa shape index (κ1) is 21.7. The van der Waals surface area contributed by atoms with E-state index in [-0.39, 0.29) is 16.8 Å². The van der Waals surface area contributed by atoms with Crippen molar-refractivity contribution < 1.29 is 27.4 Å². The van der Waals surface area contributed by atoms with Gasteiger partial charge in [-0.3, -0.25) is 4.79 Å². The van der Waals surface area contributed by atoms with Crippen LogP contribution in [0.2, 0.25) is 0 Å². The Morgan fingerprint density at radius 2 is 1.71 bits per heavy atom. The summed E-state index contributed by atoms with van der Waals surface area (Å²) in [5.41, 5.74) is 1.22. The molecule has 1 N–H and O–H groups in total. The van der Waals surface area contributed by atoms with Crippen LogP contribution in [0.25, 0.3) is 0 Å². The third kappa shape index (κ3) is 5.71. The lowest BCUT2D eigenvalue weighted by molar-refractivity contribution is 0.0939. The van der Waals surface area contributed by atoms with Gasteiger partial charge >= 0.3 is 0 Å². The van der Waals surface area contributed by atoms with Crippen LogP contribution in [0.15, 0.2) is 47.4 Å². The molecule has 7 nitrogen and oxygen atoms in total. The highest BCUT2D eigenvalue weighted by Gasteiger charge is 2.15. The van der Waals surface area contributed by atoms with Gasteiger partial charge in [0.1, 0.15) is 6.61 Å². The largest absolute Gasteiger partial charge is 0.493 e. The van der Waals surface area contributed by atoms with Crippen LogP contribution in [0.1, 0.15) is 28.9 Å². The van der Waals surface area contributed by atoms with Gasteiger partial charge in [-0.1, -0.05) is 6.07 Å². The van der Waals surface area contributed by atoms with Gasteiger partial charge in [-0.05, 0) is 48.9 Å². The highest BCUT2D eigenvalue weighted by Crippen LogP contribution is 2.30. The minimum absolute atomic E-state index is 0.172. The molecule has 2 aromatic rings. The number of sulfone groups is 1. The molecule has 0 fully saturated rings. The summed E-state index contributed by atoms with van der Waals surface area (Å²) in [5.74, 6) is 0.859. The lowest BCUT2D eigenvalue weighted by Gasteiger charge is -2.17. The average molecular weight is 407 g/mol. The SMILES string of the molecule is COCCOc1ccc(C(C)NC(=O)c2ccc(S(C)(=O)=O)cc2)cc1OC. The van der Waals surface area contributed by atoms with E-state index in [9.17, 15) is 13.2 Å². The Bertz CT molecular complexity index is 909. The maximum Gasteiger partial charge on any atom is 0.251 e. The maximum absolute atomic E-state index is 12.5. The summed E-state index contributed by atoms with van der Waals surface area (Å²) in [4.78, 5) is 12.6. The lowest BCUT2D eigenvalue weighted by Crippen LogP contribution is -2.26. The Morgan fingerprint density at radius 1 is 1.04 bits per heavy atom. The third-order valence-electron chi connectivity index (χ3n) is 4.12. The van der Waals surface area contributed by atoms with Crippen molar-refractivity contribution in [3.63, 3.8) is 0 Å². The van der Waals surface area contributed by atoms with Crippen LogP contribution in [-0.4, -0.2) is 48.0 Å². The second kappa shape index (κ2) is 9.57. The van der Waals surface area contributed by atoms with Crippen LogP contribution in [0.4, 0.5) is 0 Å². The van der Waals surface area contributed by atoms with E-state index in [0.717, 1.165) is 11.8 Å². The van der Waals surface area contributed by atoms with E-state index in [1.165, 1.54) is 24.3 Å². The molecule has 2 rings (SSSR count). The Hall–Kier alpha value is -2.58. The number of carbonyl (C=O) groups is 1. The van der Waals surface area contributed by atoms with E-state index in [2.05, 4.69) is 5.32 Å². The molecule has 0 heterocycles. The molecule has 28 heavy (non-hydrogen) atoms. The van der Waals surface area contributed by atoms with Gasteiger partial charge in [-0.15, -0.1) is 0 Å². The first-order chi connectivity index (χ1) is 13.3. The van der Waals surface area contributed by atoms with Crippen molar-refractivity contribution in [1.29, 1.82) is 0 Å². The van der Waals surface area contributed by atoms with Crippen molar-refractivity contribution >= 4 is 15.7 Å². The molecule has 0 saturated heterocycles. The fourth-order valence-corrected chi connectivity index (χ4v) is 3.15. The smallest absolute Gasteiger partial charge is 0.251 e.